The average molecular weight is 311 g/mol. The minimum Gasteiger partial charge on any atom is -0.343 e. The molecule has 2 heterocycles. The lowest BCUT2D eigenvalue weighted by Gasteiger charge is -2.09. The van der Waals surface area contributed by atoms with Crippen LogP contribution in [0, 0.1) is 6.92 Å². The summed E-state index contributed by atoms with van der Waals surface area (Å²) in [6.07, 6.45) is 3.56. The van der Waals surface area contributed by atoms with Gasteiger partial charge >= 0.3 is 0 Å². The smallest absolute Gasteiger partial charge is 0.156 e. The Bertz CT molecular complexity index is 940. The van der Waals surface area contributed by atoms with E-state index in [1.807, 2.05) is 24.4 Å². The van der Waals surface area contributed by atoms with E-state index < -0.39 is 0 Å². The standard InChI is InChI=1S/C21H17N3/c1-15-7-9-16(10-8-15)18-13-19(17-5-3-2-4-6-17)24-20(14-18)21-22-11-12-23-21/h2-14H,1H3,(H,22,23). The fraction of sp³-hybridized carbons (Fsp3) is 0.0476. The Kier molecular flexibility index (Phi) is 3.67. The van der Waals surface area contributed by atoms with Crippen molar-refractivity contribution in [1.82, 2.24) is 15.0 Å². The molecule has 0 saturated carbocycles. The number of hydrogen-bond acceptors (Lipinski definition) is 2. The molecule has 0 unspecified atom stereocenters. The zero-order valence-electron chi connectivity index (χ0n) is 13.4. The zero-order chi connectivity index (χ0) is 16.4. The quantitative estimate of drug-likeness (QED) is 0.571. The van der Waals surface area contributed by atoms with Gasteiger partial charge in [-0.25, -0.2) is 9.97 Å². The van der Waals surface area contributed by atoms with E-state index in [0.29, 0.717) is 0 Å². The van der Waals surface area contributed by atoms with Gasteiger partial charge in [0.2, 0.25) is 0 Å². The predicted octanol–water partition coefficient (Wildman–Crippen LogP) is 5.11. The first-order chi connectivity index (χ1) is 11.8. The fourth-order valence-corrected chi connectivity index (χ4v) is 2.73. The van der Waals surface area contributed by atoms with Gasteiger partial charge in [0.05, 0.1) is 5.69 Å². The molecule has 3 heteroatoms. The highest BCUT2D eigenvalue weighted by Crippen LogP contribution is 2.29. The molecule has 0 spiro atoms. The zero-order valence-corrected chi connectivity index (χ0v) is 13.4. The van der Waals surface area contributed by atoms with Crippen LogP contribution in [0.3, 0.4) is 0 Å². The van der Waals surface area contributed by atoms with E-state index in [2.05, 4.69) is 65.4 Å². The van der Waals surface area contributed by atoms with Gasteiger partial charge in [0.1, 0.15) is 5.69 Å². The average Bonchev–Trinajstić information content (AvgIpc) is 3.17. The molecule has 4 rings (SSSR count). The third-order valence-corrected chi connectivity index (χ3v) is 4.02. The van der Waals surface area contributed by atoms with Gasteiger partial charge in [-0.1, -0.05) is 60.2 Å². The summed E-state index contributed by atoms with van der Waals surface area (Å²) in [6.45, 7) is 2.10. The van der Waals surface area contributed by atoms with Gasteiger partial charge in [-0.3, -0.25) is 0 Å². The molecular weight excluding hydrogens is 294 g/mol. The van der Waals surface area contributed by atoms with Crippen molar-refractivity contribution in [1.29, 1.82) is 0 Å². The topological polar surface area (TPSA) is 41.6 Å². The van der Waals surface area contributed by atoms with Gasteiger partial charge in [0.15, 0.2) is 5.82 Å². The van der Waals surface area contributed by atoms with E-state index in [9.17, 15) is 0 Å². The molecule has 2 aromatic heterocycles. The molecule has 1 N–H and O–H groups in total. The van der Waals surface area contributed by atoms with Gasteiger partial charge in [-0.2, -0.15) is 0 Å². The Morgan fingerprint density at radius 2 is 1.50 bits per heavy atom. The molecule has 3 nitrogen and oxygen atoms in total. The largest absolute Gasteiger partial charge is 0.343 e. The van der Waals surface area contributed by atoms with Crippen molar-refractivity contribution in [2.24, 2.45) is 0 Å². The van der Waals surface area contributed by atoms with Gasteiger partial charge in [0, 0.05) is 18.0 Å². The Morgan fingerprint density at radius 1 is 0.750 bits per heavy atom. The van der Waals surface area contributed by atoms with Gasteiger partial charge in [-0.15, -0.1) is 0 Å². The normalized spacial score (nSPS) is 10.7. The maximum Gasteiger partial charge on any atom is 0.156 e. The van der Waals surface area contributed by atoms with Crippen molar-refractivity contribution < 1.29 is 0 Å². The predicted molar refractivity (Wildman–Crippen MR) is 97.4 cm³/mol. The van der Waals surface area contributed by atoms with Crippen molar-refractivity contribution in [2.75, 3.05) is 0 Å². The number of aryl methyl sites for hydroxylation is 1. The number of benzene rings is 2. The summed E-state index contributed by atoms with van der Waals surface area (Å²) in [4.78, 5) is 12.3. The van der Waals surface area contributed by atoms with Crippen molar-refractivity contribution in [3.63, 3.8) is 0 Å². The van der Waals surface area contributed by atoms with E-state index >= 15 is 0 Å². The van der Waals surface area contributed by atoms with Crippen LogP contribution in [0.15, 0.2) is 79.1 Å². The van der Waals surface area contributed by atoms with Crippen LogP contribution in [0.1, 0.15) is 5.56 Å². The minimum atomic E-state index is 0.779. The van der Waals surface area contributed by atoms with Crippen LogP contribution in [0.4, 0.5) is 0 Å². The molecule has 0 amide bonds. The van der Waals surface area contributed by atoms with Crippen LogP contribution in [0.2, 0.25) is 0 Å². The number of aromatic nitrogens is 3. The molecule has 24 heavy (non-hydrogen) atoms. The first kappa shape index (κ1) is 14.4. The number of nitrogens with one attached hydrogen (secondary N) is 1. The van der Waals surface area contributed by atoms with Crippen molar-refractivity contribution >= 4 is 0 Å². The summed E-state index contributed by atoms with van der Waals surface area (Å²) in [5.41, 5.74) is 6.45. The molecule has 0 bridgehead atoms. The molecule has 0 aliphatic rings. The molecular formula is C21H17N3. The van der Waals surface area contributed by atoms with Gasteiger partial charge < -0.3 is 4.98 Å². The van der Waals surface area contributed by atoms with E-state index in [0.717, 1.165) is 28.3 Å². The summed E-state index contributed by atoms with van der Waals surface area (Å²) in [5.74, 6) is 0.779. The van der Waals surface area contributed by atoms with E-state index in [1.165, 1.54) is 11.1 Å². The highest BCUT2D eigenvalue weighted by atomic mass is 14.9. The first-order valence-corrected chi connectivity index (χ1v) is 7.94. The lowest BCUT2D eigenvalue weighted by atomic mass is 10.0. The maximum atomic E-state index is 4.80. The van der Waals surface area contributed by atoms with Gasteiger partial charge in [-0.05, 0) is 30.2 Å². The van der Waals surface area contributed by atoms with Crippen LogP contribution in [0.5, 0.6) is 0 Å². The third-order valence-electron chi connectivity index (χ3n) is 4.02. The van der Waals surface area contributed by atoms with E-state index in [4.69, 9.17) is 4.98 Å². The molecule has 0 aliphatic heterocycles. The van der Waals surface area contributed by atoms with Crippen LogP contribution in [0.25, 0.3) is 33.9 Å². The molecule has 116 valence electrons. The first-order valence-electron chi connectivity index (χ1n) is 7.94. The highest BCUT2D eigenvalue weighted by Gasteiger charge is 2.09. The SMILES string of the molecule is Cc1ccc(-c2cc(-c3ccccc3)nc(-c3ncc[nH]3)c2)cc1. The molecule has 2 aromatic carbocycles. The molecule has 0 atom stereocenters. The van der Waals surface area contributed by atoms with Crippen LogP contribution >= 0.6 is 0 Å². The monoisotopic (exact) mass is 311 g/mol. The summed E-state index contributed by atoms with van der Waals surface area (Å²) >= 11 is 0. The number of rotatable bonds is 3. The lowest BCUT2D eigenvalue weighted by molar-refractivity contribution is 1.23. The second-order valence-electron chi connectivity index (χ2n) is 5.80. The Morgan fingerprint density at radius 3 is 2.21 bits per heavy atom. The third kappa shape index (κ3) is 2.84. The summed E-state index contributed by atoms with van der Waals surface area (Å²) in [7, 11) is 0. The summed E-state index contributed by atoms with van der Waals surface area (Å²) in [6, 6.07) is 23.0. The van der Waals surface area contributed by atoms with Crippen LogP contribution in [-0.4, -0.2) is 15.0 Å². The Hall–Kier alpha value is -3.20. The second-order valence-corrected chi connectivity index (χ2v) is 5.80. The van der Waals surface area contributed by atoms with Crippen molar-refractivity contribution in [2.45, 2.75) is 6.92 Å². The summed E-state index contributed by atoms with van der Waals surface area (Å²) in [5, 5.41) is 0. The molecule has 4 aromatic rings. The number of H-pyrrole nitrogens is 1. The summed E-state index contributed by atoms with van der Waals surface area (Å²) < 4.78 is 0. The van der Waals surface area contributed by atoms with Gasteiger partial charge in [0.25, 0.3) is 0 Å². The Labute approximate surface area is 141 Å². The molecule has 0 fully saturated rings. The second kappa shape index (κ2) is 6.13. The fourth-order valence-electron chi connectivity index (χ4n) is 2.73. The maximum absolute atomic E-state index is 4.80. The van der Waals surface area contributed by atoms with Crippen LogP contribution < -0.4 is 0 Å². The number of aromatic amines is 1. The number of imidazole rings is 1. The highest BCUT2D eigenvalue weighted by molar-refractivity contribution is 5.75. The number of nitrogens with zero attached hydrogens (tertiary/aromatic N) is 2. The Balaban J connectivity index is 1.90. The number of pyridine rings is 1. The molecule has 0 radical (unpaired) electrons. The van der Waals surface area contributed by atoms with E-state index in [1.54, 1.807) is 6.20 Å². The lowest BCUT2D eigenvalue weighted by Crippen LogP contribution is -1.92. The van der Waals surface area contributed by atoms with Crippen LogP contribution in [-0.2, 0) is 0 Å². The number of hydrogen-bond donors (Lipinski definition) is 1. The minimum absolute atomic E-state index is 0.779. The molecule has 0 saturated heterocycles. The van der Waals surface area contributed by atoms with E-state index in [-0.39, 0.29) is 0 Å². The van der Waals surface area contributed by atoms with Crippen molar-refractivity contribution in [3.05, 3.63) is 84.7 Å². The van der Waals surface area contributed by atoms with Crippen molar-refractivity contribution in [3.8, 4) is 33.9 Å². The molecule has 0 aliphatic carbocycles.